The first-order chi connectivity index (χ1) is 19.5. The van der Waals surface area contributed by atoms with Crippen molar-refractivity contribution in [3.05, 3.63) is 34.9 Å². The number of hydrogen-bond acceptors (Lipinski definition) is 4. The maximum atomic E-state index is 14.5. The average molecular weight is 601 g/mol. The first-order valence-corrected chi connectivity index (χ1v) is 15.7. The Bertz CT molecular complexity index is 1180. The van der Waals surface area contributed by atoms with Crippen LogP contribution >= 0.6 is 11.6 Å². The first kappa shape index (κ1) is 32.3. The van der Waals surface area contributed by atoms with Gasteiger partial charge in [-0.25, -0.2) is 0 Å². The fourth-order valence-electron chi connectivity index (χ4n) is 7.04. The molecule has 232 valence electrons. The van der Waals surface area contributed by atoms with Gasteiger partial charge in [-0.1, -0.05) is 58.4 Å². The molecule has 0 aromatic heterocycles. The summed E-state index contributed by atoms with van der Waals surface area (Å²) in [6.45, 7) is 13.0. The summed E-state index contributed by atoms with van der Waals surface area (Å²) in [6.07, 6.45) is 4.32. The highest BCUT2D eigenvalue weighted by Crippen LogP contribution is 2.41. The zero-order valence-electron chi connectivity index (χ0n) is 26.7. The topological polar surface area (TPSA) is 81.2 Å². The number of likely N-dealkylation sites (N-methyl/N-ethyl adjacent to an activating group) is 1. The molecule has 1 aromatic rings. The number of halogens is 1. The van der Waals surface area contributed by atoms with Gasteiger partial charge in [0.05, 0.1) is 12.0 Å². The van der Waals surface area contributed by atoms with E-state index in [0.29, 0.717) is 31.1 Å². The van der Waals surface area contributed by atoms with Gasteiger partial charge in [0, 0.05) is 63.1 Å². The lowest BCUT2D eigenvalue weighted by Crippen LogP contribution is -2.54. The summed E-state index contributed by atoms with van der Waals surface area (Å²) in [6, 6.07) is 6.62. The second-order valence-corrected chi connectivity index (χ2v) is 15.1. The number of carbonyl (C=O) groups excluding carboxylic acids is 4. The molecule has 4 rings (SSSR count). The van der Waals surface area contributed by atoms with Crippen LogP contribution in [0.15, 0.2) is 24.3 Å². The molecule has 0 unspecified atom stereocenters. The highest BCUT2D eigenvalue weighted by atomic mass is 35.5. The van der Waals surface area contributed by atoms with Crippen LogP contribution < -0.4 is 0 Å². The molecule has 2 saturated heterocycles. The molecule has 9 heteroatoms. The minimum absolute atomic E-state index is 0.0743. The average Bonchev–Trinajstić information content (AvgIpc) is 3.54. The molecule has 1 aromatic carbocycles. The monoisotopic (exact) mass is 600 g/mol. The SMILES string of the molecule is CC(=O)N1C[C@@H](C(=O)N2C[C@@H](N(C(=O)C(C)(C)C)C3CCC(C)(C)CC3)C[C@H]2C(=O)N(C)C)[C@H](c2ccc(Cl)cc2)C1. The summed E-state index contributed by atoms with van der Waals surface area (Å²) in [4.78, 5) is 61.5. The molecule has 4 amide bonds. The number of benzene rings is 1. The fraction of sp³-hybridized carbons (Fsp3) is 0.697. The quantitative estimate of drug-likeness (QED) is 0.486. The van der Waals surface area contributed by atoms with Crippen LogP contribution in [0.4, 0.5) is 0 Å². The highest BCUT2D eigenvalue weighted by molar-refractivity contribution is 6.30. The smallest absolute Gasteiger partial charge is 0.244 e. The van der Waals surface area contributed by atoms with Gasteiger partial charge in [-0.2, -0.15) is 0 Å². The van der Waals surface area contributed by atoms with Crippen molar-refractivity contribution in [3.63, 3.8) is 0 Å². The molecule has 2 heterocycles. The molecule has 3 fully saturated rings. The molecule has 42 heavy (non-hydrogen) atoms. The predicted molar refractivity (Wildman–Crippen MR) is 165 cm³/mol. The second-order valence-electron chi connectivity index (χ2n) is 14.7. The van der Waals surface area contributed by atoms with Crippen LogP contribution in [0.5, 0.6) is 0 Å². The van der Waals surface area contributed by atoms with Gasteiger partial charge in [-0.15, -0.1) is 0 Å². The number of rotatable bonds is 5. The zero-order chi connectivity index (χ0) is 31.1. The van der Waals surface area contributed by atoms with Gasteiger partial charge in [0.1, 0.15) is 6.04 Å². The van der Waals surface area contributed by atoms with E-state index in [1.165, 1.54) is 6.92 Å². The van der Waals surface area contributed by atoms with Gasteiger partial charge in [-0.3, -0.25) is 19.2 Å². The van der Waals surface area contributed by atoms with E-state index < -0.39 is 17.4 Å². The first-order valence-electron chi connectivity index (χ1n) is 15.4. The van der Waals surface area contributed by atoms with Crippen LogP contribution in [0.3, 0.4) is 0 Å². The van der Waals surface area contributed by atoms with Crippen molar-refractivity contribution in [2.24, 2.45) is 16.7 Å². The minimum atomic E-state index is -0.662. The van der Waals surface area contributed by atoms with E-state index in [9.17, 15) is 19.2 Å². The fourth-order valence-corrected chi connectivity index (χ4v) is 7.17. The third-order valence-electron chi connectivity index (χ3n) is 9.64. The molecule has 1 aliphatic carbocycles. The largest absolute Gasteiger partial charge is 0.347 e. The molecule has 3 aliphatic rings. The number of hydrogen-bond donors (Lipinski definition) is 0. The molecular weight excluding hydrogens is 552 g/mol. The van der Waals surface area contributed by atoms with Gasteiger partial charge < -0.3 is 19.6 Å². The van der Waals surface area contributed by atoms with Crippen molar-refractivity contribution >= 4 is 35.2 Å². The van der Waals surface area contributed by atoms with Crippen LogP contribution in [0.25, 0.3) is 0 Å². The Hall–Kier alpha value is -2.61. The van der Waals surface area contributed by atoms with Crippen molar-refractivity contribution in [3.8, 4) is 0 Å². The van der Waals surface area contributed by atoms with Crippen molar-refractivity contribution in [1.29, 1.82) is 0 Å². The summed E-state index contributed by atoms with van der Waals surface area (Å²) < 4.78 is 0. The van der Waals surface area contributed by atoms with Crippen molar-refractivity contribution in [2.45, 2.75) is 97.7 Å². The number of amides is 4. The Labute approximate surface area is 256 Å². The summed E-state index contributed by atoms with van der Waals surface area (Å²) in [7, 11) is 3.42. The van der Waals surface area contributed by atoms with E-state index in [1.54, 1.807) is 40.9 Å². The van der Waals surface area contributed by atoms with E-state index in [1.807, 2.05) is 37.8 Å². The molecule has 8 nitrogen and oxygen atoms in total. The third kappa shape index (κ3) is 6.79. The lowest BCUT2D eigenvalue weighted by Gasteiger charge is -2.45. The second kappa shape index (κ2) is 12.2. The maximum Gasteiger partial charge on any atom is 0.244 e. The van der Waals surface area contributed by atoms with Crippen LogP contribution in [-0.2, 0) is 19.2 Å². The lowest BCUT2D eigenvalue weighted by molar-refractivity contribution is -0.147. The zero-order valence-corrected chi connectivity index (χ0v) is 27.4. The molecule has 0 radical (unpaired) electrons. The molecule has 4 atom stereocenters. The Morgan fingerprint density at radius 2 is 1.52 bits per heavy atom. The molecule has 0 bridgehead atoms. The summed E-state index contributed by atoms with van der Waals surface area (Å²) >= 11 is 6.15. The number of carbonyl (C=O) groups is 4. The highest BCUT2D eigenvalue weighted by Gasteiger charge is 2.50. The van der Waals surface area contributed by atoms with Gasteiger partial charge in [0.25, 0.3) is 0 Å². The van der Waals surface area contributed by atoms with Crippen LogP contribution in [0.2, 0.25) is 5.02 Å². The van der Waals surface area contributed by atoms with Crippen molar-refractivity contribution in [2.75, 3.05) is 33.7 Å². The van der Waals surface area contributed by atoms with E-state index >= 15 is 0 Å². The van der Waals surface area contributed by atoms with Gasteiger partial charge in [0.2, 0.25) is 23.6 Å². The molecule has 1 saturated carbocycles. The van der Waals surface area contributed by atoms with Gasteiger partial charge in [-0.05, 0) is 55.2 Å². The van der Waals surface area contributed by atoms with E-state index in [0.717, 1.165) is 31.2 Å². The van der Waals surface area contributed by atoms with Crippen molar-refractivity contribution in [1.82, 2.24) is 19.6 Å². The summed E-state index contributed by atoms with van der Waals surface area (Å²) in [5.74, 6) is -0.969. The molecule has 0 N–H and O–H groups in total. The Morgan fingerprint density at radius 3 is 2.05 bits per heavy atom. The standard InChI is InChI=1S/C33H49ClN4O4/c1-21(39)36-19-26(22-9-11-23(34)12-10-22)27(20-36)29(40)37-18-25(17-28(37)30(41)35(7)8)38(31(42)32(2,3)4)24-13-15-33(5,6)16-14-24/h9-12,24-28H,13-20H2,1-8H3/t25-,26-,27+,28-/m0/s1. The lowest BCUT2D eigenvalue weighted by atomic mass is 9.74. The predicted octanol–water partition coefficient (Wildman–Crippen LogP) is 4.80. The number of likely N-dealkylation sites (tertiary alicyclic amines) is 2. The molecule has 2 aliphatic heterocycles. The summed E-state index contributed by atoms with van der Waals surface area (Å²) in [5, 5.41) is 0.608. The number of nitrogens with zero attached hydrogens (tertiary/aromatic N) is 4. The Morgan fingerprint density at radius 1 is 0.929 bits per heavy atom. The Balaban J connectivity index is 1.68. The van der Waals surface area contributed by atoms with E-state index in [2.05, 4.69) is 13.8 Å². The van der Waals surface area contributed by atoms with Crippen LogP contribution in [-0.4, -0.2) is 95.1 Å². The maximum absolute atomic E-state index is 14.5. The van der Waals surface area contributed by atoms with Crippen LogP contribution in [0.1, 0.15) is 85.1 Å². The van der Waals surface area contributed by atoms with Crippen molar-refractivity contribution < 1.29 is 19.2 Å². The molecule has 0 spiro atoms. The summed E-state index contributed by atoms with van der Waals surface area (Å²) in [5.41, 5.74) is 0.607. The van der Waals surface area contributed by atoms with Gasteiger partial charge >= 0.3 is 0 Å². The van der Waals surface area contributed by atoms with Crippen LogP contribution in [0, 0.1) is 16.7 Å². The molecular formula is C33H49ClN4O4. The Kier molecular flexibility index (Phi) is 9.37. The third-order valence-corrected chi connectivity index (χ3v) is 9.89. The minimum Gasteiger partial charge on any atom is -0.347 e. The normalized spacial score (nSPS) is 26.3. The van der Waals surface area contributed by atoms with E-state index in [-0.39, 0.29) is 47.0 Å². The van der Waals surface area contributed by atoms with E-state index in [4.69, 9.17) is 11.6 Å². The van der Waals surface area contributed by atoms with Gasteiger partial charge in [0.15, 0.2) is 0 Å².